The largest absolute Gasteiger partial charge is 0.337 e. The van der Waals surface area contributed by atoms with Gasteiger partial charge in [0.1, 0.15) is 0 Å². The van der Waals surface area contributed by atoms with Gasteiger partial charge in [0.05, 0.1) is 6.04 Å². The number of fused-ring (bicyclic) bond motifs is 1. The summed E-state index contributed by atoms with van der Waals surface area (Å²) in [7, 11) is 0. The minimum Gasteiger partial charge on any atom is -0.337 e. The van der Waals surface area contributed by atoms with Crippen molar-refractivity contribution in [2.24, 2.45) is 0 Å². The van der Waals surface area contributed by atoms with E-state index < -0.39 is 0 Å². The topological polar surface area (TPSA) is 62.5 Å². The molecule has 0 spiro atoms. The Labute approximate surface area is 181 Å². The van der Waals surface area contributed by atoms with Gasteiger partial charge in [0.2, 0.25) is 11.7 Å². The molecule has 156 valence electrons. The van der Waals surface area contributed by atoms with Gasteiger partial charge >= 0.3 is 0 Å². The van der Waals surface area contributed by atoms with Gasteiger partial charge in [0, 0.05) is 37.3 Å². The van der Waals surface area contributed by atoms with Gasteiger partial charge < -0.3 is 9.42 Å². The maximum Gasteiger partial charge on any atom is 0.254 e. The van der Waals surface area contributed by atoms with Crippen LogP contribution in [0.5, 0.6) is 0 Å². The highest BCUT2D eigenvalue weighted by molar-refractivity contribution is 6.07. The van der Waals surface area contributed by atoms with Crippen molar-refractivity contribution in [3.05, 3.63) is 84.3 Å². The van der Waals surface area contributed by atoms with Crippen LogP contribution < -0.4 is 0 Å². The molecule has 1 saturated heterocycles. The molecule has 1 unspecified atom stereocenters. The van der Waals surface area contributed by atoms with E-state index in [0.717, 1.165) is 35.0 Å². The van der Waals surface area contributed by atoms with Crippen LogP contribution in [0.2, 0.25) is 0 Å². The zero-order valence-electron chi connectivity index (χ0n) is 17.4. The lowest BCUT2D eigenvalue weighted by atomic mass is 10.0. The SMILES string of the molecule is CC(c1nc(-c2ccccc2)no1)N1CCN(C(=O)c2cccc3ccccc23)CC1. The Kier molecular flexibility index (Phi) is 5.22. The molecule has 4 aromatic rings. The summed E-state index contributed by atoms with van der Waals surface area (Å²) in [6.07, 6.45) is 0. The van der Waals surface area contributed by atoms with Crippen molar-refractivity contribution in [3.63, 3.8) is 0 Å². The molecule has 1 atom stereocenters. The molecule has 6 heteroatoms. The minimum absolute atomic E-state index is 0.000213. The van der Waals surface area contributed by atoms with Crippen molar-refractivity contribution < 1.29 is 9.32 Å². The number of carbonyl (C=O) groups excluding carboxylic acids is 1. The molecule has 6 nitrogen and oxygen atoms in total. The van der Waals surface area contributed by atoms with Crippen molar-refractivity contribution in [1.29, 1.82) is 0 Å². The second kappa shape index (κ2) is 8.32. The third-order valence-electron chi connectivity index (χ3n) is 6.00. The first-order valence-electron chi connectivity index (χ1n) is 10.6. The molecule has 0 saturated carbocycles. The predicted octanol–water partition coefficient (Wildman–Crippen LogP) is 4.41. The average Bonchev–Trinajstić information content (AvgIpc) is 3.34. The van der Waals surface area contributed by atoms with Crippen molar-refractivity contribution in [1.82, 2.24) is 19.9 Å². The lowest BCUT2D eigenvalue weighted by Gasteiger charge is -2.37. The Morgan fingerprint density at radius 1 is 0.903 bits per heavy atom. The van der Waals surface area contributed by atoms with E-state index in [1.165, 1.54) is 0 Å². The van der Waals surface area contributed by atoms with Gasteiger partial charge in [0.25, 0.3) is 5.91 Å². The second-order valence-corrected chi connectivity index (χ2v) is 7.85. The van der Waals surface area contributed by atoms with E-state index >= 15 is 0 Å². The van der Waals surface area contributed by atoms with E-state index in [9.17, 15) is 4.79 Å². The summed E-state index contributed by atoms with van der Waals surface area (Å²) in [5, 5.41) is 6.23. The van der Waals surface area contributed by atoms with Crippen LogP contribution in [-0.2, 0) is 0 Å². The molecule has 1 amide bonds. The zero-order valence-corrected chi connectivity index (χ0v) is 17.4. The zero-order chi connectivity index (χ0) is 21.2. The average molecular weight is 412 g/mol. The van der Waals surface area contributed by atoms with Crippen LogP contribution in [-0.4, -0.2) is 52.0 Å². The molecule has 3 aromatic carbocycles. The van der Waals surface area contributed by atoms with Gasteiger partial charge in [-0.1, -0.05) is 71.9 Å². The monoisotopic (exact) mass is 412 g/mol. The van der Waals surface area contributed by atoms with Crippen molar-refractivity contribution in [2.75, 3.05) is 26.2 Å². The molecule has 31 heavy (non-hydrogen) atoms. The molecule has 1 fully saturated rings. The summed E-state index contributed by atoms with van der Waals surface area (Å²) >= 11 is 0. The van der Waals surface area contributed by atoms with Crippen LogP contribution in [0.1, 0.15) is 29.2 Å². The molecule has 2 heterocycles. The van der Waals surface area contributed by atoms with Gasteiger partial charge in [-0.3, -0.25) is 9.69 Å². The van der Waals surface area contributed by atoms with E-state index in [1.807, 2.05) is 77.7 Å². The fourth-order valence-corrected chi connectivity index (χ4v) is 4.16. The Bertz CT molecular complexity index is 1190. The highest BCUT2D eigenvalue weighted by atomic mass is 16.5. The molecular formula is C25H24N4O2. The molecule has 0 bridgehead atoms. The number of nitrogens with zero attached hydrogens (tertiary/aromatic N) is 4. The maximum absolute atomic E-state index is 13.2. The number of carbonyl (C=O) groups is 1. The Morgan fingerprint density at radius 2 is 1.61 bits per heavy atom. The van der Waals surface area contributed by atoms with E-state index in [1.54, 1.807) is 0 Å². The van der Waals surface area contributed by atoms with Gasteiger partial charge in [-0.2, -0.15) is 4.98 Å². The molecule has 1 aromatic heterocycles. The second-order valence-electron chi connectivity index (χ2n) is 7.85. The highest BCUT2D eigenvalue weighted by Crippen LogP contribution is 2.25. The fourth-order valence-electron chi connectivity index (χ4n) is 4.16. The first-order valence-corrected chi connectivity index (χ1v) is 10.6. The summed E-state index contributed by atoms with van der Waals surface area (Å²) in [6, 6.07) is 23.8. The number of hydrogen-bond donors (Lipinski definition) is 0. The van der Waals surface area contributed by atoms with Gasteiger partial charge in [-0.25, -0.2) is 0 Å². The Hall–Kier alpha value is -3.51. The summed E-state index contributed by atoms with van der Waals surface area (Å²) in [6.45, 7) is 4.95. The molecule has 0 radical (unpaired) electrons. The lowest BCUT2D eigenvalue weighted by Crippen LogP contribution is -2.49. The number of amides is 1. The van der Waals surface area contributed by atoms with Crippen molar-refractivity contribution in [2.45, 2.75) is 13.0 Å². The van der Waals surface area contributed by atoms with Crippen molar-refractivity contribution in [3.8, 4) is 11.4 Å². The molecule has 1 aliphatic rings. The third-order valence-corrected chi connectivity index (χ3v) is 6.00. The van der Waals surface area contributed by atoms with Crippen LogP contribution in [0.3, 0.4) is 0 Å². The molecular weight excluding hydrogens is 388 g/mol. The van der Waals surface area contributed by atoms with Gasteiger partial charge in [-0.05, 0) is 23.8 Å². The lowest BCUT2D eigenvalue weighted by molar-refractivity contribution is 0.0553. The Morgan fingerprint density at radius 3 is 2.42 bits per heavy atom. The fraction of sp³-hybridized carbons (Fsp3) is 0.240. The van der Waals surface area contributed by atoms with Crippen LogP contribution in [0.15, 0.2) is 77.3 Å². The van der Waals surface area contributed by atoms with Crippen molar-refractivity contribution >= 4 is 16.7 Å². The first-order chi connectivity index (χ1) is 15.2. The predicted molar refractivity (Wildman–Crippen MR) is 120 cm³/mol. The van der Waals surface area contributed by atoms with Crippen LogP contribution >= 0.6 is 0 Å². The smallest absolute Gasteiger partial charge is 0.254 e. The quantitative estimate of drug-likeness (QED) is 0.497. The number of piperazine rings is 1. The third kappa shape index (κ3) is 3.82. The summed E-state index contributed by atoms with van der Waals surface area (Å²) in [5.41, 5.74) is 1.71. The molecule has 0 N–H and O–H groups in total. The number of rotatable bonds is 4. The number of hydrogen-bond acceptors (Lipinski definition) is 5. The van der Waals surface area contributed by atoms with Crippen LogP contribution in [0, 0.1) is 0 Å². The van der Waals surface area contributed by atoms with E-state index in [-0.39, 0.29) is 11.9 Å². The number of benzene rings is 3. The highest BCUT2D eigenvalue weighted by Gasteiger charge is 2.28. The minimum atomic E-state index is -0.000213. The van der Waals surface area contributed by atoms with E-state index in [0.29, 0.717) is 24.8 Å². The maximum atomic E-state index is 13.2. The summed E-state index contributed by atoms with van der Waals surface area (Å²) < 4.78 is 5.54. The van der Waals surface area contributed by atoms with Gasteiger partial charge in [0.15, 0.2) is 0 Å². The first kappa shape index (κ1) is 19.5. The summed E-state index contributed by atoms with van der Waals surface area (Å²) in [4.78, 5) is 22.0. The standard InChI is InChI=1S/C25H24N4O2/c1-18(24-26-23(27-31-24)20-9-3-2-4-10-20)28-14-16-29(17-15-28)25(30)22-13-7-11-19-8-5-6-12-21(19)22/h2-13,18H,14-17H2,1H3. The number of aromatic nitrogens is 2. The van der Waals surface area contributed by atoms with E-state index in [2.05, 4.69) is 22.0 Å². The van der Waals surface area contributed by atoms with E-state index in [4.69, 9.17) is 4.52 Å². The Balaban J connectivity index is 1.26. The van der Waals surface area contributed by atoms with Gasteiger partial charge in [-0.15, -0.1) is 0 Å². The normalized spacial score (nSPS) is 15.8. The van der Waals surface area contributed by atoms with Crippen LogP contribution in [0.25, 0.3) is 22.2 Å². The van der Waals surface area contributed by atoms with Crippen LogP contribution in [0.4, 0.5) is 0 Å². The molecule has 0 aliphatic carbocycles. The molecule has 1 aliphatic heterocycles. The summed E-state index contributed by atoms with van der Waals surface area (Å²) in [5.74, 6) is 1.30. The molecule has 5 rings (SSSR count).